The SMILES string of the molecule is COc1ccc(NC(=O)c2cc3n(n2)CC(c2ccc(Cl)cc2)OC3)cc1. The van der Waals surface area contributed by atoms with Crippen molar-refractivity contribution in [3.05, 3.63) is 76.6 Å². The summed E-state index contributed by atoms with van der Waals surface area (Å²) in [5, 5.41) is 7.98. The average Bonchev–Trinajstić information content (AvgIpc) is 3.13. The number of halogens is 1. The van der Waals surface area contributed by atoms with E-state index >= 15 is 0 Å². The molecule has 0 saturated carbocycles. The zero-order valence-corrected chi connectivity index (χ0v) is 15.4. The fraction of sp³-hybridized carbons (Fsp3) is 0.200. The first kappa shape index (κ1) is 17.6. The van der Waals surface area contributed by atoms with E-state index in [1.54, 1.807) is 37.4 Å². The van der Waals surface area contributed by atoms with Gasteiger partial charge in [-0.15, -0.1) is 0 Å². The number of nitrogens with zero attached hydrogens (tertiary/aromatic N) is 2. The highest BCUT2D eigenvalue weighted by molar-refractivity contribution is 6.30. The number of ether oxygens (including phenoxy) is 2. The number of benzene rings is 2. The second-order valence-corrected chi connectivity index (χ2v) is 6.67. The molecule has 6 nitrogen and oxygen atoms in total. The lowest BCUT2D eigenvalue weighted by Gasteiger charge is -2.24. The lowest BCUT2D eigenvalue weighted by atomic mass is 10.1. The normalized spacial score (nSPS) is 15.9. The third-order valence-electron chi connectivity index (χ3n) is 4.46. The smallest absolute Gasteiger partial charge is 0.276 e. The molecule has 1 amide bonds. The third kappa shape index (κ3) is 3.82. The van der Waals surface area contributed by atoms with Crippen molar-refractivity contribution in [2.45, 2.75) is 19.3 Å². The Kier molecular flexibility index (Phi) is 4.83. The van der Waals surface area contributed by atoms with Crippen LogP contribution in [0.2, 0.25) is 5.02 Å². The molecule has 0 spiro atoms. The predicted octanol–water partition coefficient (Wildman–Crippen LogP) is 4.07. The molecule has 1 aliphatic heterocycles. The molecule has 4 rings (SSSR count). The fourth-order valence-corrected chi connectivity index (χ4v) is 3.11. The molecule has 0 fully saturated rings. The summed E-state index contributed by atoms with van der Waals surface area (Å²) >= 11 is 5.94. The van der Waals surface area contributed by atoms with Crippen molar-refractivity contribution < 1.29 is 14.3 Å². The second kappa shape index (κ2) is 7.42. The Hall–Kier alpha value is -2.83. The van der Waals surface area contributed by atoms with Gasteiger partial charge in [0.15, 0.2) is 5.69 Å². The van der Waals surface area contributed by atoms with Crippen molar-refractivity contribution in [1.82, 2.24) is 9.78 Å². The molecule has 2 aromatic carbocycles. The van der Waals surface area contributed by atoms with Gasteiger partial charge in [-0.2, -0.15) is 5.10 Å². The first-order valence-corrected chi connectivity index (χ1v) is 8.89. The van der Waals surface area contributed by atoms with Gasteiger partial charge in [0, 0.05) is 10.7 Å². The van der Waals surface area contributed by atoms with E-state index in [-0.39, 0.29) is 12.0 Å². The van der Waals surface area contributed by atoms with Crippen LogP contribution in [-0.4, -0.2) is 22.8 Å². The van der Waals surface area contributed by atoms with Gasteiger partial charge in [0.05, 0.1) is 26.0 Å². The molecule has 2 heterocycles. The maximum Gasteiger partial charge on any atom is 0.276 e. The highest BCUT2D eigenvalue weighted by Crippen LogP contribution is 2.27. The largest absolute Gasteiger partial charge is 0.497 e. The Balaban J connectivity index is 1.47. The maximum atomic E-state index is 12.5. The molecule has 0 saturated heterocycles. The molecule has 1 unspecified atom stereocenters. The zero-order chi connectivity index (χ0) is 18.8. The van der Waals surface area contributed by atoms with Gasteiger partial charge in [0.25, 0.3) is 5.91 Å². The van der Waals surface area contributed by atoms with Crippen LogP contribution in [0.1, 0.15) is 27.8 Å². The van der Waals surface area contributed by atoms with Crippen LogP contribution in [0.15, 0.2) is 54.6 Å². The van der Waals surface area contributed by atoms with Gasteiger partial charge < -0.3 is 14.8 Å². The molecule has 27 heavy (non-hydrogen) atoms. The van der Waals surface area contributed by atoms with E-state index in [1.807, 2.05) is 28.9 Å². The molecule has 138 valence electrons. The molecule has 3 aromatic rings. The van der Waals surface area contributed by atoms with Crippen LogP contribution in [0, 0.1) is 0 Å². The lowest BCUT2D eigenvalue weighted by molar-refractivity contribution is -0.00118. The number of nitrogens with one attached hydrogen (secondary N) is 1. The minimum atomic E-state index is -0.259. The zero-order valence-electron chi connectivity index (χ0n) is 14.7. The Morgan fingerprint density at radius 1 is 1.22 bits per heavy atom. The molecule has 1 atom stereocenters. The average molecular weight is 384 g/mol. The standard InChI is InChI=1S/C20H18ClN3O3/c1-26-17-8-6-15(7-9-17)22-20(25)18-10-16-12-27-19(11-24(16)23-18)13-2-4-14(21)5-3-13/h2-10,19H,11-12H2,1H3,(H,22,25). The number of rotatable bonds is 4. The van der Waals surface area contributed by atoms with Crippen LogP contribution >= 0.6 is 11.6 Å². The fourth-order valence-electron chi connectivity index (χ4n) is 2.98. The van der Waals surface area contributed by atoms with E-state index in [2.05, 4.69) is 10.4 Å². The number of methoxy groups -OCH3 is 1. The number of hydrogen-bond donors (Lipinski definition) is 1. The van der Waals surface area contributed by atoms with Crippen LogP contribution in [0.5, 0.6) is 5.75 Å². The topological polar surface area (TPSA) is 65.4 Å². The van der Waals surface area contributed by atoms with Crippen molar-refractivity contribution >= 4 is 23.2 Å². The van der Waals surface area contributed by atoms with E-state index in [0.29, 0.717) is 29.6 Å². The summed E-state index contributed by atoms with van der Waals surface area (Å²) in [4.78, 5) is 12.5. The number of amides is 1. The Bertz CT molecular complexity index is 952. The molecule has 0 bridgehead atoms. The van der Waals surface area contributed by atoms with Crippen molar-refractivity contribution in [1.29, 1.82) is 0 Å². The summed E-state index contributed by atoms with van der Waals surface area (Å²) in [5.41, 5.74) is 2.95. The summed E-state index contributed by atoms with van der Waals surface area (Å²) in [6.07, 6.45) is -0.118. The Labute approximate surface area is 161 Å². The van der Waals surface area contributed by atoms with Gasteiger partial charge in [-0.1, -0.05) is 23.7 Å². The van der Waals surface area contributed by atoms with Crippen molar-refractivity contribution in [2.24, 2.45) is 0 Å². The number of aromatic nitrogens is 2. The third-order valence-corrected chi connectivity index (χ3v) is 4.71. The van der Waals surface area contributed by atoms with Gasteiger partial charge in [0.2, 0.25) is 0 Å². The molecule has 0 aliphatic carbocycles. The van der Waals surface area contributed by atoms with Crippen molar-refractivity contribution in [2.75, 3.05) is 12.4 Å². The van der Waals surface area contributed by atoms with Crippen LogP contribution in [-0.2, 0) is 17.9 Å². The monoisotopic (exact) mass is 383 g/mol. The molecule has 1 N–H and O–H groups in total. The number of hydrogen-bond acceptors (Lipinski definition) is 4. The molecular weight excluding hydrogens is 366 g/mol. The van der Waals surface area contributed by atoms with E-state index in [0.717, 1.165) is 17.0 Å². The minimum absolute atomic E-state index is 0.118. The summed E-state index contributed by atoms with van der Waals surface area (Å²) < 4.78 is 12.9. The van der Waals surface area contributed by atoms with Crippen LogP contribution in [0.25, 0.3) is 0 Å². The van der Waals surface area contributed by atoms with Crippen LogP contribution in [0.3, 0.4) is 0 Å². The molecule has 1 aliphatic rings. The Morgan fingerprint density at radius 3 is 2.67 bits per heavy atom. The van der Waals surface area contributed by atoms with Crippen molar-refractivity contribution in [3.8, 4) is 5.75 Å². The quantitative estimate of drug-likeness (QED) is 0.737. The highest BCUT2D eigenvalue weighted by Gasteiger charge is 2.24. The number of carbonyl (C=O) groups is 1. The maximum absolute atomic E-state index is 12.5. The molecule has 7 heteroatoms. The second-order valence-electron chi connectivity index (χ2n) is 6.24. The number of carbonyl (C=O) groups excluding carboxylic acids is 1. The Morgan fingerprint density at radius 2 is 1.96 bits per heavy atom. The van der Waals surface area contributed by atoms with Gasteiger partial charge >= 0.3 is 0 Å². The minimum Gasteiger partial charge on any atom is -0.497 e. The van der Waals surface area contributed by atoms with Crippen LogP contribution in [0.4, 0.5) is 5.69 Å². The summed E-state index contributed by atoms with van der Waals surface area (Å²) in [5.74, 6) is 0.473. The van der Waals surface area contributed by atoms with Gasteiger partial charge in [0.1, 0.15) is 11.9 Å². The summed E-state index contributed by atoms with van der Waals surface area (Å²) in [7, 11) is 1.60. The summed E-state index contributed by atoms with van der Waals surface area (Å²) in [6, 6.07) is 16.5. The molecule has 1 aromatic heterocycles. The predicted molar refractivity (Wildman–Crippen MR) is 102 cm³/mol. The van der Waals surface area contributed by atoms with E-state index in [4.69, 9.17) is 21.1 Å². The van der Waals surface area contributed by atoms with Crippen LogP contribution < -0.4 is 10.1 Å². The first-order valence-electron chi connectivity index (χ1n) is 8.51. The van der Waals surface area contributed by atoms with Gasteiger partial charge in [-0.25, -0.2) is 0 Å². The van der Waals surface area contributed by atoms with Gasteiger partial charge in [-0.05, 0) is 48.0 Å². The highest BCUT2D eigenvalue weighted by atomic mass is 35.5. The van der Waals surface area contributed by atoms with E-state index in [9.17, 15) is 4.79 Å². The number of anilines is 1. The van der Waals surface area contributed by atoms with Crippen molar-refractivity contribution in [3.63, 3.8) is 0 Å². The molecule has 0 radical (unpaired) electrons. The number of fused-ring (bicyclic) bond motifs is 1. The summed E-state index contributed by atoms with van der Waals surface area (Å²) in [6.45, 7) is 0.947. The lowest BCUT2D eigenvalue weighted by Crippen LogP contribution is -2.22. The van der Waals surface area contributed by atoms with E-state index in [1.165, 1.54) is 0 Å². The van der Waals surface area contributed by atoms with E-state index < -0.39 is 0 Å². The first-order chi connectivity index (χ1) is 13.1. The van der Waals surface area contributed by atoms with Gasteiger partial charge in [-0.3, -0.25) is 9.48 Å². The molecular formula is C20H18ClN3O3.